The van der Waals surface area contributed by atoms with Crippen molar-refractivity contribution < 1.29 is 14.6 Å². The minimum Gasteiger partial charge on any atom is -0.504 e. The number of amides is 1. The molecule has 0 heterocycles. The van der Waals surface area contributed by atoms with E-state index in [9.17, 15) is 15.2 Å². The van der Waals surface area contributed by atoms with E-state index >= 15 is 0 Å². The first-order chi connectivity index (χ1) is 11.5. The van der Waals surface area contributed by atoms with Crippen LogP contribution in [0.25, 0.3) is 6.08 Å². The van der Waals surface area contributed by atoms with Crippen molar-refractivity contribution in [2.75, 3.05) is 11.9 Å². The van der Waals surface area contributed by atoms with Crippen LogP contribution in [0.1, 0.15) is 12.5 Å². The number of carbonyl (C=O) groups is 1. The van der Waals surface area contributed by atoms with Gasteiger partial charge in [0.2, 0.25) is 0 Å². The van der Waals surface area contributed by atoms with Crippen LogP contribution < -0.4 is 10.1 Å². The van der Waals surface area contributed by atoms with E-state index < -0.39 is 5.91 Å². The van der Waals surface area contributed by atoms with Gasteiger partial charge in [-0.2, -0.15) is 5.26 Å². The molecule has 0 aliphatic heterocycles. The number of benzene rings is 2. The Bertz CT molecular complexity index is 808. The molecular weight excluding hydrogens is 419 g/mol. The minimum absolute atomic E-state index is 0.0100. The lowest BCUT2D eigenvalue weighted by Gasteiger charge is -2.07. The van der Waals surface area contributed by atoms with E-state index in [1.54, 1.807) is 31.2 Å². The van der Waals surface area contributed by atoms with E-state index in [-0.39, 0.29) is 11.3 Å². The van der Waals surface area contributed by atoms with E-state index in [2.05, 4.69) is 27.9 Å². The molecule has 122 valence electrons. The summed E-state index contributed by atoms with van der Waals surface area (Å²) >= 11 is 2.17. The van der Waals surface area contributed by atoms with Crippen LogP contribution in [0.3, 0.4) is 0 Å². The number of rotatable bonds is 5. The molecule has 0 aliphatic carbocycles. The summed E-state index contributed by atoms with van der Waals surface area (Å²) in [5.41, 5.74) is 1.16. The predicted molar refractivity (Wildman–Crippen MR) is 101 cm³/mol. The number of phenols is 1. The van der Waals surface area contributed by atoms with Crippen LogP contribution in [-0.2, 0) is 4.79 Å². The lowest BCUT2D eigenvalue weighted by atomic mass is 10.1. The maximum absolute atomic E-state index is 12.2. The zero-order valence-electron chi connectivity index (χ0n) is 12.9. The molecule has 0 atom stereocenters. The zero-order valence-corrected chi connectivity index (χ0v) is 15.1. The Labute approximate surface area is 153 Å². The van der Waals surface area contributed by atoms with Crippen LogP contribution in [-0.4, -0.2) is 17.6 Å². The summed E-state index contributed by atoms with van der Waals surface area (Å²) < 4.78 is 6.35. The maximum Gasteiger partial charge on any atom is 0.266 e. The number of nitrogens with zero attached hydrogens (tertiary/aromatic N) is 1. The summed E-state index contributed by atoms with van der Waals surface area (Å²) in [6, 6.07) is 13.8. The number of halogens is 1. The van der Waals surface area contributed by atoms with Crippen LogP contribution in [0.5, 0.6) is 11.5 Å². The number of aromatic hydroxyl groups is 1. The topological polar surface area (TPSA) is 82.3 Å². The number of nitrogens with one attached hydrogen (secondary N) is 1. The third-order valence-corrected chi connectivity index (χ3v) is 3.78. The van der Waals surface area contributed by atoms with Gasteiger partial charge in [-0.05, 0) is 77.6 Å². The molecule has 5 nitrogen and oxygen atoms in total. The lowest BCUT2D eigenvalue weighted by molar-refractivity contribution is -0.112. The molecule has 2 rings (SSSR count). The van der Waals surface area contributed by atoms with Gasteiger partial charge in [-0.3, -0.25) is 4.79 Å². The maximum atomic E-state index is 12.2. The Morgan fingerprint density at radius 2 is 2.04 bits per heavy atom. The van der Waals surface area contributed by atoms with Gasteiger partial charge in [-0.15, -0.1) is 0 Å². The number of anilines is 1. The molecule has 0 aromatic heterocycles. The average Bonchev–Trinajstić information content (AvgIpc) is 2.57. The van der Waals surface area contributed by atoms with E-state index in [1.807, 2.05) is 18.2 Å². The highest BCUT2D eigenvalue weighted by atomic mass is 127. The van der Waals surface area contributed by atoms with Crippen LogP contribution in [0.4, 0.5) is 5.69 Å². The van der Waals surface area contributed by atoms with Crippen molar-refractivity contribution in [1.29, 1.82) is 5.26 Å². The molecule has 1 amide bonds. The van der Waals surface area contributed by atoms with Crippen LogP contribution >= 0.6 is 22.6 Å². The van der Waals surface area contributed by atoms with Gasteiger partial charge in [0, 0.05) is 9.26 Å². The number of hydrogen-bond acceptors (Lipinski definition) is 4. The Morgan fingerprint density at radius 1 is 1.33 bits per heavy atom. The summed E-state index contributed by atoms with van der Waals surface area (Å²) in [6.07, 6.45) is 1.45. The van der Waals surface area contributed by atoms with Crippen molar-refractivity contribution in [2.45, 2.75) is 6.92 Å². The standard InChI is InChI=1S/C18H15IN2O3/c1-2-24-17-10-12(3-8-16(17)22)9-13(11-20)18(23)21-15-6-4-14(19)5-7-15/h3-10,22H,2H2,1H3,(H,21,23)/b13-9-. The molecule has 2 N–H and O–H groups in total. The van der Waals surface area contributed by atoms with E-state index in [0.29, 0.717) is 23.6 Å². The molecule has 0 saturated carbocycles. The summed E-state index contributed by atoms with van der Waals surface area (Å²) in [4.78, 5) is 12.2. The third kappa shape index (κ3) is 4.73. The van der Waals surface area contributed by atoms with Gasteiger partial charge >= 0.3 is 0 Å². The van der Waals surface area contributed by atoms with Crippen molar-refractivity contribution in [3.8, 4) is 17.6 Å². The molecule has 0 unspecified atom stereocenters. The number of nitriles is 1. The largest absolute Gasteiger partial charge is 0.504 e. The van der Waals surface area contributed by atoms with E-state index in [4.69, 9.17) is 4.74 Å². The molecule has 0 radical (unpaired) electrons. The minimum atomic E-state index is -0.496. The monoisotopic (exact) mass is 434 g/mol. The Hall–Kier alpha value is -2.53. The van der Waals surface area contributed by atoms with Gasteiger partial charge in [0.25, 0.3) is 5.91 Å². The van der Waals surface area contributed by atoms with Crippen molar-refractivity contribution in [1.82, 2.24) is 0 Å². The highest BCUT2D eigenvalue weighted by molar-refractivity contribution is 14.1. The van der Waals surface area contributed by atoms with Crippen molar-refractivity contribution in [3.05, 3.63) is 57.2 Å². The van der Waals surface area contributed by atoms with Gasteiger partial charge < -0.3 is 15.2 Å². The molecule has 0 fully saturated rings. The zero-order chi connectivity index (χ0) is 17.5. The first kappa shape index (κ1) is 17.8. The van der Waals surface area contributed by atoms with Gasteiger partial charge in [0.1, 0.15) is 11.6 Å². The average molecular weight is 434 g/mol. The molecule has 6 heteroatoms. The highest BCUT2D eigenvalue weighted by Crippen LogP contribution is 2.27. The molecular formula is C18H15IN2O3. The molecule has 2 aromatic rings. The van der Waals surface area contributed by atoms with E-state index in [1.165, 1.54) is 12.1 Å². The quantitative estimate of drug-likeness (QED) is 0.425. The van der Waals surface area contributed by atoms with Gasteiger partial charge in [-0.25, -0.2) is 0 Å². The second-order valence-electron chi connectivity index (χ2n) is 4.79. The van der Waals surface area contributed by atoms with E-state index in [0.717, 1.165) is 3.57 Å². The summed E-state index contributed by atoms with van der Waals surface area (Å²) in [7, 11) is 0. The first-order valence-corrected chi connectivity index (χ1v) is 8.26. The normalized spacial score (nSPS) is 10.8. The smallest absolute Gasteiger partial charge is 0.266 e. The Morgan fingerprint density at radius 3 is 2.67 bits per heavy atom. The molecule has 0 aliphatic rings. The highest BCUT2D eigenvalue weighted by Gasteiger charge is 2.10. The van der Waals surface area contributed by atoms with Gasteiger partial charge in [-0.1, -0.05) is 6.07 Å². The van der Waals surface area contributed by atoms with Crippen LogP contribution in [0.15, 0.2) is 48.0 Å². The Balaban J connectivity index is 2.22. The van der Waals surface area contributed by atoms with Crippen molar-refractivity contribution in [2.24, 2.45) is 0 Å². The van der Waals surface area contributed by atoms with Gasteiger partial charge in [0.15, 0.2) is 11.5 Å². The second kappa shape index (κ2) is 8.36. The molecule has 0 saturated heterocycles. The molecule has 24 heavy (non-hydrogen) atoms. The molecule has 2 aromatic carbocycles. The third-order valence-electron chi connectivity index (χ3n) is 3.06. The number of hydrogen-bond donors (Lipinski definition) is 2. The van der Waals surface area contributed by atoms with Crippen LogP contribution in [0.2, 0.25) is 0 Å². The fraction of sp³-hybridized carbons (Fsp3) is 0.111. The fourth-order valence-electron chi connectivity index (χ4n) is 1.94. The summed E-state index contributed by atoms with van der Waals surface area (Å²) in [6.45, 7) is 2.20. The van der Waals surface area contributed by atoms with Gasteiger partial charge in [0.05, 0.1) is 6.61 Å². The summed E-state index contributed by atoms with van der Waals surface area (Å²) in [5, 5.41) is 21.6. The molecule has 0 spiro atoms. The second-order valence-corrected chi connectivity index (χ2v) is 6.04. The molecule has 0 bridgehead atoms. The van der Waals surface area contributed by atoms with Crippen LogP contribution in [0, 0.1) is 14.9 Å². The van der Waals surface area contributed by atoms with Crippen molar-refractivity contribution in [3.63, 3.8) is 0 Å². The number of carbonyl (C=O) groups excluding carboxylic acids is 1. The fourth-order valence-corrected chi connectivity index (χ4v) is 2.30. The Kier molecular flexibility index (Phi) is 6.21. The first-order valence-electron chi connectivity index (χ1n) is 7.18. The predicted octanol–water partition coefficient (Wildman–Crippen LogP) is 3.94. The number of phenolic OH excluding ortho intramolecular Hbond substituents is 1. The van der Waals surface area contributed by atoms with Crippen molar-refractivity contribution >= 4 is 40.3 Å². The summed E-state index contributed by atoms with van der Waals surface area (Å²) in [5.74, 6) is -0.179. The lowest BCUT2D eigenvalue weighted by Crippen LogP contribution is -2.13. The SMILES string of the molecule is CCOc1cc(/C=C(/C#N)C(=O)Nc2ccc(I)cc2)ccc1O. The number of ether oxygens (including phenoxy) is 1.